The zero-order valence-electron chi connectivity index (χ0n) is 10.8. The van der Waals surface area contributed by atoms with Crippen LogP contribution < -0.4 is 14.8 Å². The van der Waals surface area contributed by atoms with E-state index in [0.29, 0.717) is 22.6 Å². The van der Waals surface area contributed by atoms with Gasteiger partial charge in [0.2, 0.25) is 0 Å². The first-order chi connectivity index (χ1) is 9.12. The van der Waals surface area contributed by atoms with E-state index in [1.54, 1.807) is 6.07 Å². The van der Waals surface area contributed by atoms with E-state index in [0.717, 1.165) is 0 Å². The molecule has 1 aromatic rings. The Bertz CT molecular complexity index is 577. The Morgan fingerprint density at radius 3 is 2.05 bits per heavy atom. The van der Waals surface area contributed by atoms with Crippen LogP contribution in [0.25, 0.3) is 5.57 Å². The summed E-state index contributed by atoms with van der Waals surface area (Å²) < 4.78 is 15.2. The number of carbonyl (C=O) groups excluding carboxylic acids is 2. The van der Waals surface area contributed by atoms with E-state index in [2.05, 4.69) is 5.32 Å². The van der Waals surface area contributed by atoms with Gasteiger partial charge in [-0.3, -0.25) is 14.9 Å². The number of imide groups is 1. The summed E-state index contributed by atoms with van der Waals surface area (Å²) in [7, 11) is 4.38. The highest BCUT2D eigenvalue weighted by Gasteiger charge is 2.29. The summed E-state index contributed by atoms with van der Waals surface area (Å²) in [6.07, 6.45) is 1.28. The molecular formula is C13H13NO5. The number of amides is 2. The monoisotopic (exact) mass is 263 g/mol. The Hall–Kier alpha value is -2.50. The van der Waals surface area contributed by atoms with Crippen LogP contribution in [-0.4, -0.2) is 33.1 Å². The zero-order chi connectivity index (χ0) is 14.0. The number of carbonyl (C=O) groups is 2. The third-order valence-corrected chi connectivity index (χ3v) is 2.77. The lowest BCUT2D eigenvalue weighted by molar-refractivity contribution is -0.114. The third kappa shape index (κ3) is 2.12. The average molecular weight is 263 g/mol. The Balaban J connectivity index is 2.68. The van der Waals surface area contributed by atoms with Crippen molar-refractivity contribution in [2.75, 3.05) is 21.3 Å². The molecule has 0 atom stereocenters. The number of benzene rings is 1. The fourth-order valence-corrected chi connectivity index (χ4v) is 1.88. The molecule has 6 nitrogen and oxygen atoms in total. The van der Waals surface area contributed by atoms with Crippen LogP contribution in [-0.2, 0) is 9.53 Å². The minimum absolute atomic E-state index is 0.262. The van der Waals surface area contributed by atoms with Gasteiger partial charge in [0.25, 0.3) is 11.8 Å². The standard InChI is InChI=1S/C13H13NO5/c1-17-6-9-7-4-10(18-2)11(19-3)5-8(7)12(15)14-13(9)16/h4-6H,1-3H3,(H,14,15,16). The van der Waals surface area contributed by atoms with E-state index < -0.39 is 11.8 Å². The van der Waals surface area contributed by atoms with Gasteiger partial charge in [0.05, 0.1) is 38.7 Å². The smallest absolute Gasteiger partial charge is 0.261 e. The first-order valence-corrected chi connectivity index (χ1v) is 5.47. The molecule has 0 saturated heterocycles. The molecule has 1 heterocycles. The van der Waals surface area contributed by atoms with Crippen molar-refractivity contribution >= 4 is 17.4 Å². The van der Waals surface area contributed by atoms with E-state index in [1.807, 2.05) is 0 Å². The van der Waals surface area contributed by atoms with Crippen LogP contribution >= 0.6 is 0 Å². The number of fused-ring (bicyclic) bond motifs is 1. The summed E-state index contributed by atoms with van der Waals surface area (Å²) in [6.45, 7) is 0. The number of methoxy groups -OCH3 is 3. The Labute approximate surface area is 110 Å². The molecule has 100 valence electrons. The molecule has 19 heavy (non-hydrogen) atoms. The van der Waals surface area contributed by atoms with Crippen molar-refractivity contribution in [3.8, 4) is 11.5 Å². The van der Waals surface area contributed by atoms with E-state index in [9.17, 15) is 9.59 Å². The maximum Gasteiger partial charge on any atom is 0.261 e. The Kier molecular flexibility index (Phi) is 3.41. The molecule has 0 spiro atoms. The number of ether oxygens (including phenoxy) is 3. The van der Waals surface area contributed by atoms with Crippen molar-refractivity contribution in [3.63, 3.8) is 0 Å². The second-order valence-electron chi connectivity index (χ2n) is 3.80. The maximum atomic E-state index is 11.8. The minimum Gasteiger partial charge on any atom is -0.504 e. The molecule has 1 N–H and O–H groups in total. The summed E-state index contributed by atoms with van der Waals surface area (Å²) in [4.78, 5) is 23.6. The molecule has 1 aliphatic heterocycles. The minimum atomic E-state index is -0.508. The van der Waals surface area contributed by atoms with Gasteiger partial charge < -0.3 is 14.2 Å². The van der Waals surface area contributed by atoms with Crippen LogP contribution in [0.5, 0.6) is 11.5 Å². The molecule has 0 saturated carbocycles. The van der Waals surface area contributed by atoms with E-state index in [-0.39, 0.29) is 5.57 Å². The molecular weight excluding hydrogens is 250 g/mol. The molecule has 0 bridgehead atoms. The van der Waals surface area contributed by atoms with Crippen molar-refractivity contribution in [1.82, 2.24) is 5.32 Å². The summed E-state index contributed by atoms with van der Waals surface area (Å²) in [5.41, 5.74) is 1.05. The van der Waals surface area contributed by atoms with E-state index in [1.165, 1.54) is 33.7 Å². The Morgan fingerprint density at radius 2 is 1.53 bits per heavy atom. The van der Waals surface area contributed by atoms with E-state index >= 15 is 0 Å². The number of rotatable bonds is 3. The molecule has 2 rings (SSSR count). The van der Waals surface area contributed by atoms with Crippen molar-refractivity contribution in [3.05, 3.63) is 29.5 Å². The molecule has 0 aromatic heterocycles. The molecule has 0 aliphatic carbocycles. The van der Waals surface area contributed by atoms with Crippen molar-refractivity contribution in [2.45, 2.75) is 0 Å². The van der Waals surface area contributed by atoms with Crippen LogP contribution in [0.4, 0.5) is 0 Å². The SMILES string of the molecule is COC=C1C(=O)NC(=O)c2cc(OC)c(OC)cc21. The van der Waals surface area contributed by atoms with Gasteiger partial charge in [0.1, 0.15) is 0 Å². The first kappa shape index (κ1) is 12.9. The van der Waals surface area contributed by atoms with Gasteiger partial charge in [-0.05, 0) is 12.1 Å². The molecule has 2 amide bonds. The number of hydrogen-bond donors (Lipinski definition) is 1. The lowest BCUT2D eigenvalue weighted by Crippen LogP contribution is -2.36. The fraction of sp³-hybridized carbons (Fsp3) is 0.231. The van der Waals surface area contributed by atoms with Crippen molar-refractivity contribution < 1.29 is 23.8 Å². The fourth-order valence-electron chi connectivity index (χ4n) is 1.88. The van der Waals surface area contributed by atoms with E-state index in [4.69, 9.17) is 14.2 Å². The van der Waals surface area contributed by atoms with Gasteiger partial charge in [0, 0.05) is 5.56 Å². The molecule has 1 aliphatic rings. The van der Waals surface area contributed by atoms with Gasteiger partial charge in [-0.25, -0.2) is 0 Å². The lowest BCUT2D eigenvalue weighted by Gasteiger charge is -2.20. The van der Waals surface area contributed by atoms with Crippen LogP contribution in [0.1, 0.15) is 15.9 Å². The predicted molar refractivity (Wildman–Crippen MR) is 67.0 cm³/mol. The molecule has 6 heteroatoms. The van der Waals surface area contributed by atoms with Crippen LogP contribution in [0.3, 0.4) is 0 Å². The second-order valence-corrected chi connectivity index (χ2v) is 3.80. The predicted octanol–water partition coefficient (Wildman–Crippen LogP) is 0.961. The highest BCUT2D eigenvalue weighted by atomic mass is 16.5. The normalized spacial score (nSPS) is 15.8. The highest BCUT2D eigenvalue weighted by Crippen LogP contribution is 2.35. The molecule has 0 radical (unpaired) electrons. The van der Waals surface area contributed by atoms with Gasteiger partial charge in [-0.2, -0.15) is 0 Å². The summed E-state index contributed by atoms with van der Waals surface area (Å²) in [5.74, 6) is -0.131. The maximum absolute atomic E-state index is 11.8. The molecule has 0 unspecified atom stereocenters. The highest BCUT2D eigenvalue weighted by molar-refractivity contribution is 6.31. The van der Waals surface area contributed by atoms with Crippen LogP contribution in [0.2, 0.25) is 0 Å². The van der Waals surface area contributed by atoms with Gasteiger partial charge in [0.15, 0.2) is 11.5 Å². The van der Waals surface area contributed by atoms with Gasteiger partial charge >= 0.3 is 0 Å². The first-order valence-electron chi connectivity index (χ1n) is 5.47. The molecule has 0 fully saturated rings. The summed E-state index contributed by atoms with van der Waals surface area (Å²) >= 11 is 0. The summed E-state index contributed by atoms with van der Waals surface area (Å²) in [6, 6.07) is 3.11. The molecule has 1 aromatic carbocycles. The zero-order valence-corrected chi connectivity index (χ0v) is 10.8. The third-order valence-electron chi connectivity index (χ3n) is 2.77. The topological polar surface area (TPSA) is 73.9 Å². The quantitative estimate of drug-likeness (QED) is 0.499. The average Bonchev–Trinajstić information content (AvgIpc) is 2.42. The second kappa shape index (κ2) is 5.01. The Morgan fingerprint density at radius 1 is 0.947 bits per heavy atom. The van der Waals surface area contributed by atoms with Crippen molar-refractivity contribution in [2.24, 2.45) is 0 Å². The lowest BCUT2D eigenvalue weighted by atomic mass is 9.95. The van der Waals surface area contributed by atoms with Crippen LogP contribution in [0, 0.1) is 0 Å². The van der Waals surface area contributed by atoms with Gasteiger partial charge in [-0.1, -0.05) is 0 Å². The van der Waals surface area contributed by atoms with Gasteiger partial charge in [-0.15, -0.1) is 0 Å². The van der Waals surface area contributed by atoms with Crippen molar-refractivity contribution in [1.29, 1.82) is 0 Å². The largest absolute Gasteiger partial charge is 0.504 e. The number of hydrogen-bond acceptors (Lipinski definition) is 5. The van der Waals surface area contributed by atoms with Crippen LogP contribution in [0.15, 0.2) is 18.4 Å². The number of nitrogens with one attached hydrogen (secondary N) is 1. The summed E-state index contributed by atoms with van der Waals surface area (Å²) in [5, 5.41) is 2.24.